The van der Waals surface area contributed by atoms with Gasteiger partial charge in [0.2, 0.25) is 5.91 Å². The molecule has 2 aromatic heterocycles. The molecule has 2 fully saturated rings. The number of amides is 3. The zero-order chi connectivity index (χ0) is 23.3. The molecule has 1 aliphatic heterocycles. The van der Waals surface area contributed by atoms with Gasteiger partial charge in [-0.15, -0.1) is 0 Å². The second-order valence-corrected chi connectivity index (χ2v) is 8.79. The molecule has 2 N–H and O–H groups in total. The molecule has 0 bridgehead atoms. The third-order valence-electron chi connectivity index (χ3n) is 6.15. The minimum Gasteiger partial charge on any atom is -0.364 e. The minimum absolute atomic E-state index is 0.0145. The topological polar surface area (TPSA) is 114 Å². The van der Waals surface area contributed by atoms with Crippen molar-refractivity contribution in [3.8, 4) is 0 Å². The Hall–Kier alpha value is -3.53. The van der Waals surface area contributed by atoms with Gasteiger partial charge in [0.25, 0.3) is 11.8 Å². The van der Waals surface area contributed by atoms with Crippen LogP contribution in [0.4, 0.5) is 4.48 Å². The van der Waals surface area contributed by atoms with E-state index in [1.165, 1.54) is 15.8 Å². The van der Waals surface area contributed by atoms with Gasteiger partial charge in [-0.1, -0.05) is 28.2 Å². The van der Waals surface area contributed by atoms with Gasteiger partial charge in [-0.25, -0.2) is 9.67 Å². The first-order valence-electron chi connectivity index (χ1n) is 10.5. The summed E-state index contributed by atoms with van der Waals surface area (Å²) in [6, 6.07) is 8.90. The van der Waals surface area contributed by atoms with E-state index in [0.29, 0.717) is 28.0 Å². The van der Waals surface area contributed by atoms with Gasteiger partial charge in [0, 0.05) is 17.3 Å². The number of aromatic nitrogens is 3. The van der Waals surface area contributed by atoms with E-state index in [-0.39, 0.29) is 41.8 Å². The van der Waals surface area contributed by atoms with Crippen LogP contribution in [0, 0.1) is 5.92 Å². The number of likely N-dealkylation sites (tertiary alicyclic amines) is 1. The van der Waals surface area contributed by atoms with Crippen molar-refractivity contribution >= 4 is 40.4 Å². The fraction of sp³-hybridized carbons (Fsp3) is 0.318. The summed E-state index contributed by atoms with van der Waals surface area (Å²) >= 11 is 5.94. The van der Waals surface area contributed by atoms with Crippen LogP contribution in [0.25, 0.3) is 11.0 Å². The first-order valence-corrected chi connectivity index (χ1v) is 10.9. The Morgan fingerprint density at radius 2 is 2.03 bits per heavy atom. The highest BCUT2D eigenvalue weighted by atomic mass is 35.5. The summed E-state index contributed by atoms with van der Waals surface area (Å²) in [6.45, 7) is -0.503. The third kappa shape index (κ3) is 3.91. The van der Waals surface area contributed by atoms with Gasteiger partial charge >= 0.3 is 0 Å². The second-order valence-electron chi connectivity index (χ2n) is 8.35. The summed E-state index contributed by atoms with van der Waals surface area (Å²) in [5.74, 6) is -1.71. The van der Waals surface area contributed by atoms with Gasteiger partial charge < -0.3 is 10.6 Å². The molecule has 0 unspecified atom stereocenters. The van der Waals surface area contributed by atoms with Crippen molar-refractivity contribution in [2.24, 2.45) is 11.7 Å². The van der Waals surface area contributed by atoms with E-state index in [0.717, 1.165) is 6.42 Å². The zero-order valence-corrected chi connectivity index (χ0v) is 18.2. The van der Waals surface area contributed by atoms with Crippen LogP contribution in [-0.4, -0.2) is 54.6 Å². The molecule has 3 amide bonds. The Morgan fingerprint density at radius 3 is 2.79 bits per heavy atom. The summed E-state index contributed by atoms with van der Waals surface area (Å²) in [5.41, 5.74) is 6.30. The Labute approximate surface area is 192 Å². The number of fused-ring (bicyclic) bond motifs is 2. The van der Waals surface area contributed by atoms with E-state index >= 15 is 0 Å². The predicted octanol–water partition coefficient (Wildman–Crippen LogP) is 2.09. The lowest BCUT2D eigenvalue weighted by Gasteiger charge is -2.28. The average Bonchev–Trinajstić information content (AvgIpc) is 3.29. The maximum absolute atomic E-state index is 14.8. The number of rotatable bonds is 6. The van der Waals surface area contributed by atoms with Crippen molar-refractivity contribution in [1.29, 1.82) is 0 Å². The van der Waals surface area contributed by atoms with Crippen LogP contribution in [0.1, 0.15) is 28.9 Å². The number of nitrogens with two attached hydrogens (primary N) is 1. The molecule has 33 heavy (non-hydrogen) atoms. The third-order valence-corrected chi connectivity index (χ3v) is 6.39. The monoisotopic (exact) mass is 470 g/mol. The standard InChI is InChI=1S/C22H20ClFN6O3/c23-14-4-1-3-12(7-14)10-28(24)22(33)17-9-13-8-16(13)30(17)18(31)11-29-21-15(5-2-6-26-21)19(27-29)20(25)32/h1-7,13,16-17H,8-11H2,(H2,25,32)/t13-,16-,17+/m1/s1. The highest BCUT2D eigenvalue weighted by Crippen LogP contribution is 2.48. The number of nitrogens with zero attached hydrogens (tertiary/aromatic N) is 5. The van der Waals surface area contributed by atoms with Gasteiger partial charge in [0.1, 0.15) is 12.6 Å². The Bertz CT molecular complexity index is 1280. The van der Waals surface area contributed by atoms with Gasteiger partial charge in [-0.3, -0.25) is 14.4 Å². The van der Waals surface area contributed by atoms with Crippen molar-refractivity contribution < 1.29 is 18.9 Å². The largest absolute Gasteiger partial charge is 0.364 e. The maximum Gasteiger partial charge on any atom is 0.273 e. The molecule has 3 atom stereocenters. The smallest absolute Gasteiger partial charge is 0.273 e. The van der Waals surface area contributed by atoms with Crippen LogP contribution in [0.15, 0.2) is 42.6 Å². The molecule has 1 saturated heterocycles. The van der Waals surface area contributed by atoms with Crippen molar-refractivity contribution in [3.63, 3.8) is 0 Å². The normalized spacial score (nSPS) is 21.2. The maximum atomic E-state index is 14.8. The van der Waals surface area contributed by atoms with E-state index in [9.17, 15) is 18.9 Å². The lowest BCUT2D eigenvalue weighted by atomic mass is 10.1. The summed E-state index contributed by atoms with van der Waals surface area (Å²) < 4.78 is 16.1. The SMILES string of the molecule is NC(=O)c1nn(CC(=O)N2[C@@H]3C[C@@H]3C[C@H]2C(=O)N(F)Cc2cccc(Cl)c2)c2ncccc12. The number of benzene rings is 1. The van der Waals surface area contributed by atoms with Gasteiger partial charge in [-0.2, -0.15) is 10.2 Å². The van der Waals surface area contributed by atoms with E-state index in [4.69, 9.17) is 17.3 Å². The van der Waals surface area contributed by atoms with Crippen LogP contribution in [-0.2, 0) is 22.7 Å². The molecule has 1 aliphatic carbocycles. The van der Waals surface area contributed by atoms with Crippen LogP contribution < -0.4 is 5.73 Å². The summed E-state index contributed by atoms with van der Waals surface area (Å²) in [7, 11) is 0. The van der Waals surface area contributed by atoms with Crippen molar-refractivity contribution in [3.05, 3.63) is 58.9 Å². The van der Waals surface area contributed by atoms with Gasteiger partial charge in [0.15, 0.2) is 11.3 Å². The number of piperidine rings is 1. The number of carbonyl (C=O) groups excluding carboxylic acids is 3. The lowest BCUT2D eigenvalue weighted by Crippen LogP contribution is -2.48. The van der Waals surface area contributed by atoms with Crippen LogP contribution in [0.3, 0.4) is 0 Å². The highest BCUT2D eigenvalue weighted by molar-refractivity contribution is 6.30. The molecule has 0 radical (unpaired) electrons. The van der Waals surface area contributed by atoms with Crippen molar-refractivity contribution in [1.82, 2.24) is 24.8 Å². The fourth-order valence-electron chi connectivity index (χ4n) is 4.58. The van der Waals surface area contributed by atoms with Gasteiger partial charge in [-0.05, 0) is 48.6 Å². The molecule has 5 rings (SSSR count). The molecular weight excluding hydrogens is 451 g/mol. The second kappa shape index (κ2) is 8.11. The average molecular weight is 471 g/mol. The van der Waals surface area contributed by atoms with Crippen LogP contribution in [0.5, 0.6) is 0 Å². The number of hydrogen-bond donors (Lipinski definition) is 1. The summed E-state index contributed by atoms with van der Waals surface area (Å²) in [5, 5.41) is 5.18. The molecule has 0 spiro atoms. The number of hydrogen-bond acceptors (Lipinski definition) is 5. The Kier molecular flexibility index (Phi) is 5.24. The van der Waals surface area contributed by atoms with E-state index in [1.807, 2.05) is 0 Å². The molecule has 3 heterocycles. The molecular formula is C22H20ClFN6O3. The zero-order valence-electron chi connectivity index (χ0n) is 17.4. The highest BCUT2D eigenvalue weighted by Gasteiger charge is 2.56. The molecule has 11 heteroatoms. The number of carbonyl (C=O) groups is 3. The van der Waals surface area contributed by atoms with Crippen LogP contribution >= 0.6 is 11.6 Å². The van der Waals surface area contributed by atoms with Crippen LogP contribution in [0.2, 0.25) is 5.02 Å². The van der Waals surface area contributed by atoms with Gasteiger partial charge in [0.05, 0.1) is 11.9 Å². The van der Waals surface area contributed by atoms with Crippen molar-refractivity contribution in [2.75, 3.05) is 0 Å². The predicted molar refractivity (Wildman–Crippen MR) is 116 cm³/mol. The molecule has 9 nitrogen and oxygen atoms in total. The first kappa shape index (κ1) is 21.3. The lowest BCUT2D eigenvalue weighted by molar-refractivity contribution is -0.157. The summed E-state index contributed by atoms with van der Waals surface area (Å²) in [4.78, 5) is 43.5. The molecule has 2 aliphatic rings. The quantitative estimate of drug-likeness (QED) is 0.554. The minimum atomic E-state index is -0.893. The van der Waals surface area contributed by atoms with E-state index in [2.05, 4.69) is 10.1 Å². The van der Waals surface area contributed by atoms with E-state index < -0.39 is 17.9 Å². The van der Waals surface area contributed by atoms with E-state index in [1.54, 1.807) is 36.4 Å². The Balaban J connectivity index is 1.35. The summed E-state index contributed by atoms with van der Waals surface area (Å²) in [6.07, 6.45) is 2.71. The molecule has 3 aromatic rings. The number of pyridine rings is 1. The molecule has 1 aromatic carbocycles. The number of primary amides is 1. The number of halogens is 2. The molecule has 1 saturated carbocycles. The first-order chi connectivity index (χ1) is 15.8. The van der Waals surface area contributed by atoms with Crippen molar-refractivity contribution in [2.45, 2.75) is 38.0 Å². The molecule has 170 valence electrons. The fourth-order valence-corrected chi connectivity index (χ4v) is 4.80. The Morgan fingerprint density at radius 1 is 1.21 bits per heavy atom.